The molecule has 170 valence electrons. The number of fused-ring (bicyclic) bond motifs is 1. The van der Waals surface area contributed by atoms with Crippen molar-refractivity contribution in [1.29, 1.82) is 0 Å². The molecular weight excluding hydrogens is 419 g/mol. The average molecular weight is 447 g/mol. The lowest BCUT2D eigenvalue weighted by atomic mass is 9.81. The van der Waals surface area contributed by atoms with Gasteiger partial charge in [0.1, 0.15) is 11.6 Å². The first-order valence-electron chi connectivity index (χ1n) is 11.4. The molecule has 0 unspecified atom stereocenters. The summed E-state index contributed by atoms with van der Waals surface area (Å²) in [6, 6.07) is 17.1. The smallest absolute Gasteiger partial charge is 0.321 e. The van der Waals surface area contributed by atoms with Gasteiger partial charge in [-0.2, -0.15) is 0 Å². The van der Waals surface area contributed by atoms with Crippen molar-refractivity contribution in [3.8, 4) is 11.8 Å². The molecule has 3 heterocycles. The number of rotatable bonds is 5. The van der Waals surface area contributed by atoms with Crippen LogP contribution in [-0.4, -0.2) is 51.4 Å². The minimum absolute atomic E-state index is 0.121. The summed E-state index contributed by atoms with van der Waals surface area (Å²) in [6.07, 6.45) is 4.25. The monoisotopic (exact) mass is 446 g/mol. The molecule has 7 heteroatoms. The Labute approximate surface area is 193 Å². The van der Waals surface area contributed by atoms with Crippen LogP contribution in [0.1, 0.15) is 30.4 Å². The van der Waals surface area contributed by atoms with Gasteiger partial charge in [-0.25, -0.2) is 14.4 Å². The predicted molar refractivity (Wildman–Crippen MR) is 122 cm³/mol. The summed E-state index contributed by atoms with van der Waals surface area (Å²) in [5, 5.41) is 0. The van der Waals surface area contributed by atoms with Crippen molar-refractivity contribution in [3.63, 3.8) is 0 Å². The van der Waals surface area contributed by atoms with E-state index < -0.39 is 0 Å². The Bertz CT molecular complexity index is 1110. The number of halogens is 1. The first kappa shape index (κ1) is 21.5. The normalized spacial score (nSPS) is 22.7. The number of amides is 1. The maximum Gasteiger partial charge on any atom is 0.321 e. The number of piperidine rings is 1. The van der Waals surface area contributed by atoms with E-state index in [9.17, 15) is 9.18 Å². The van der Waals surface area contributed by atoms with Crippen molar-refractivity contribution in [2.75, 3.05) is 19.6 Å². The van der Waals surface area contributed by atoms with Crippen molar-refractivity contribution < 1.29 is 13.9 Å². The molecule has 0 aliphatic carbocycles. The molecule has 33 heavy (non-hydrogen) atoms. The van der Waals surface area contributed by atoms with Crippen LogP contribution < -0.4 is 4.74 Å². The second kappa shape index (κ2) is 9.27. The third-order valence-electron chi connectivity index (χ3n) is 6.77. The van der Waals surface area contributed by atoms with E-state index in [1.807, 2.05) is 35.2 Å². The number of ether oxygens (including phenoxy) is 1. The van der Waals surface area contributed by atoms with Gasteiger partial charge in [0.25, 0.3) is 0 Å². The fourth-order valence-electron chi connectivity index (χ4n) is 5.28. The predicted octanol–water partition coefficient (Wildman–Crippen LogP) is 4.24. The van der Waals surface area contributed by atoms with Crippen LogP contribution in [-0.2, 0) is 11.3 Å². The van der Waals surface area contributed by atoms with E-state index in [1.54, 1.807) is 25.4 Å². The SMILES string of the molecule is CC(=O)N1C[C@H](c2ccc(F)cc2)[C@H]2CN(Cc3cccc(Oc4ncccn4)c3)CC[C@H]21. The molecule has 2 aromatic carbocycles. The molecule has 2 aliphatic rings. The number of hydrogen-bond donors (Lipinski definition) is 0. The van der Waals surface area contributed by atoms with E-state index in [4.69, 9.17) is 4.74 Å². The molecule has 0 bridgehead atoms. The average Bonchev–Trinajstić information content (AvgIpc) is 3.20. The molecule has 2 aliphatic heterocycles. The lowest BCUT2D eigenvalue weighted by Crippen LogP contribution is -2.47. The zero-order valence-electron chi connectivity index (χ0n) is 18.6. The number of nitrogens with zero attached hydrogens (tertiary/aromatic N) is 4. The number of aromatic nitrogens is 2. The summed E-state index contributed by atoms with van der Waals surface area (Å²) in [4.78, 5) is 25.0. The molecule has 3 atom stereocenters. The van der Waals surface area contributed by atoms with Gasteiger partial charge in [0.2, 0.25) is 5.91 Å². The van der Waals surface area contributed by atoms with Crippen LogP contribution in [0.15, 0.2) is 67.0 Å². The summed E-state index contributed by atoms with van der Waals surface area (Å²) >= 11 is 0. The molecule has 3 aromatic rings. The summed E-state index contributed by atoms with van der Waals surface area (Å²) in [6.45, 7) is 4.96. The van der Waals surface area contributed by atoms with Gasteiger partial charge >= 0.3 is 6.01 Å². The molecule has 5 rings (SSSR count). The second-order valence-electron chi connectivity index (χ2n) is 8.87. The summed E-state index contributed by atoms with van der Waals surface area (Å²) < 4.78 is 19.3. The van der Waals surface area contributed by atoms with Crippen LogP contribution in [0, 0.1) is 11.7 Å². The molecule has 0 N–H and O–H groups in total. The van der Waals surface area contributed by atoms with Gasteiger partial charge in [0.05, 0.1) is 0 Å². The Hall–Kier alpha value is -3.32. The molecular formula is C26H27FN4O2. The van der Waals surface area contributed by atoms with E-state index in [-0.39, 0.29) is 23.7 Å². The van der Waals surface area contributed by atoms with E-state index in [0.717, 1.165) is 37.2 Å². The van der Waals surface area contributed by atoms with E-state index >= 15 is 0 Å². The summed E-state index contributed by atoms with van der Waals surface area (Å²) in [5.41, 5.74) is 2.26. The lowest BCUT2D eigenvalue weighted by molar-refractivity contribution is -0.130. The molecule has 0 spiro atoms. The van der Waals surface area contributed by atoms with Crippen molar-refractivity contribution in [1.82, 2.24) is 19.8 Å². The third-order valence-corrected chi connectivity index (χ3v) is 6.77. The third kappa shape index (κ3) is 4.73. The van der Waals surface area contributed by atoms with Crippen molar-refractivity contribution in [2.45, 2.75) is 31.8 Å². The minimum Gasteiger partial charge on any atom is -0.424 e. The fraction of sp³-hybridized carbons (Fsp3) is 0.346. The van der Waals surface area contributed by atoms with Gasteiger partial charge in [-0.15, -0.1) is 0 Å². The highest BCUT2D eigenvalue weighted by molar-refractivity contribution is 5.74. The van der Waals surface area contributed by atoms with Crippen molar-refractivity contribution in [3.05, 3.63) is 83.9 Å². The largest absolute Gasteiger partial charge is 0.424 e. The quantitative estimate of drug-likeness (QED) is 0.587. The van der Waals surface area contributed by atoms with E-state index in [0.29, 0.717) is 24.2 Å². The fourth-order valence-corrected chi connectivity index (χ4v) is 5.28. The van der Waals surface area contributed by atoms with Gasteiger partial charge < -0.3 is 9.64 Å². The van der Waals surface area contributed by atoms with Crippen molar-refractivity contribution >= 4 is 5.91 Å². The van der Waals surface area contributed by atoms with Crippen LogP contribution >= 0.6 is 0 Å². The maximum absolute atomic E-state index is 13.5. The summed E-state index contributed by atoms with van der Waals surface area (Å²) in [7, 11) is 0. The zero-order valence-corrected chi connectivity index (χ0v) is 18.6. The molecule has 2 fully saturated rings. The Morgan fingerprint density at radius 2 is 1.88 bits per heavy atom. The van der Waals surface area contributed by atoms with Crippen LogP contribution in [0.5, 0.6) is 11.8 Å². The first-order valence-corrected chi connectivity index (χ1v) is 11.4. The number of carbonyl (C=O) groups is 1. The second-order valence-corrected chi connectivity index (χ2v) is 8.87. The molecule has 0 radical (unpaired) electrons. The topological polar surface area (TPSA) is 58.6 Å². The number of benzene rings is 2. The van der Waals surface area contributed by atoms with Gasteiger partial charge in [-0.1, -0.05) is 24.3 Å². The number of likely N-dealkylation sites (tertiary alicyclic amines) is 2. The van der Waals surface area contributed by atoms with Gasteiger partial charge in [-0.3, -0.25) is 9.69 Å². The van der Waals surface area contributed by atoms with E-state index in [2.05, 4.69) is 20.9 Å². The molecule has 2 saturated heterocycles. The standard InChI is InChI=1S/C26H27FN4O2/c1-18(32)31-17-23(20-6-8-21(27)9-7-20)24-16-30(13-10-25(24)31)15-19-4-2-5-22(14-19)33-26-28-11-3-12-29-26/h2-9,11-12,14,23-25H,10,13,15-17H2,1H3/t23-,24-,25-/m1/s1. The minimum atomic E-state index is -0.231. The van der Waals surface area contributed by atoms with Crippen LogP contribution in [0.3, 0.4) is 0 Å². The highest BCUT2D eigenvalue weighted by Crippen LogP contribution is 2.42. The van der Waals surface area contributed by atoms with Crippen LogP contribution in [0.2, 0.25) is 0 Å². The van der Waals surface area contributed by atoms with Crippen LogP contribution in [0.4, 0.5) is 4.39 Å². The molecule has 6 nitrogen and oxygen atoms in total. The first-order chi connectivity index (χ1) is 16.1. The highest BCUT2D eigenvalue weighted by atomic mass is 19.1. The number of hydrogen-bond acceptors (Lipinski definition) is 5. The Morgan fingerprint density at radius 1 is 1.09 bits per heavy atom. The highest BCUT2D eigenvalue weighted by Gasteiger charge is 2.46. The number of carbonyl (C=O) groups excluding carboxylic acids is 1. The van der Waals surface area contributed by atoms with Crippen LogP contribution in [0.25, 0.3) is 0 Å². The molecule has 0 saturated carbocycles. The van der Waals surface area contributed by atoms with E-state index in [1.165, 1.54) is 12.1 Å². The zero-order chi connectivity index (χ0) is 22.8. The molecule has 1 amide bonds. The van der Waals surface area contributed by atoms with Gasteiger partial charge in [0.15, 0.2) is 0 Å². The maximum atomic E-state index is 13.5. The lowest BCUT2D eigenvalue weighted by Gasteiger charge is -2.38. The van der Waals surface area contributed by atoms with Gasteiger partial charge in [-0.05, 0) is 47.9 Å². The van der Waals surface area contributed by atoms with Gasteiger partial charge in [0, 0.05) is 63.4 Å². The van der Waals surface area contributed by atoms with Crippen molar-refractivity contribution in [2.24, 2.45) is 5.92 Å². The Balaban J connectivity index is 1.31. The summed E-state index contributed by atoms with van der Waals surface area (Å²) in [5.74, 6) is 1.14. The Morgan fingerprint density at radius 3 is 2.64 bits per heavy atom. The Kier molecular flexibility index (Phi) is 6.05. The molecule has 1 aromatic heterocycles.